The van der Waals surface area contributed by atoms with Crippen molar-refractivity contribution in [2.24, 2.45) is 0 Å². The summed E-state index contributed by atoms with van der Waals surface area (Å²) in [4.78, 5) is 12.1. The highest BCUT2D eigenvalue weighted by atomic mass is 16.1. The molecule has 2 heteroatoms. The molecule has 0 radical (unpaired) electrons. The van der Waals surface area contributed by atoms with Crippen LogP contribution in [0.1, 0.15) is 40.9 Å². The summed E-state index contributed by atoms with van der Waals surface area (Å²) in [5.41, 5.74) is 5.12. The zero-order chi connectivity index (χ0) is 11.4. The first-order valence-electron chi connectivity index (χ1n) is 6.52. The van der Waals surface area contributed by atoms with Crippen LogP contribution in [0, 0.1) is 0 Å². The Morgan fingerprint density at radius 3 is 2.94 bits per heavy atom. The van der Waals surface area contributed by atoms with Crippen molar-refractivity contribution in [1.29, 1.82) is 0 Å². The molecule has 4 rings (SSSR count). The monoisotopic (exact) mass is 225 g/mol. The van der Waals surface area contributed by atoms with Crippen LogP contribution in [0.15, 0.2) is 18.2 Å². The van der Waals surface area contributed by atoms with E-state index in [2.05, 4.69) is 22.8 Å². The van der Waals surface area contributed by atoms with Gasteiger partial charge >= 0.3 is 0 Å². The van der Waals surface area contributed by atoms with Crippen LogP contribution in [0.3, 0.4) is 0 Å². The van der Waals surface area contributed by atoms with E-state index in [9.17, 15) is 4.79 Å². The average Bonchev–Trinajstić information content (AvgIpc) is 2.69. The van der Waals surface area contributed by atoms with Gasteiger partial charge in [0.25, 0.3) is 0 Å². The molecule has 17 heavy (non-hydrogen) atoms. The first-order valence-corrected chi connectivity index (χ1v) is 6.52. The van der Waals surface area contributed by atoms with E-state index in [4.69, 9.17) is 0 Å². The van der Waals surface area contributed by atoms with Crippen molar-refractivity contribution in [3.8, 4) is 0 Å². The average molecular weight is 225 g/mol. The molecule has 0 fully saturated rings. The lowest BCUT2D eigenvalue weighted by atomic mass is 9.94. The largest absolute Gasteiger partial charge is 0.344 e. The van der Waals surface area contributed by atoms with Crippen molar-refractivity contribution in [3.63, 3.8) is 0 Å². The molecule has 0 saturated carbocycles. The second-order valence-electron chi connectivity index (χ2n) is 5.17. The lowest BCUT2D eigenvalue weighted by Gasteiger charge is -2.19. The van der Waals surface area contributed by atoms with E-state index in [0.717, 1.165) is 37.8 Å². The van der Waals surface area contributed by atoms with E-state index in [0.29, 0.717) is 5.78 Å². The Bertz CT molecular complexity index is 636. The third-order valence-corrected chi connectivity index (χ3v) is 4.20. The first kappa shape index (κ1) is 9.46. The van der Waals surface area contributed by atoms with Gasteiger partial charge in [0.1, 0.15) is 0 Å². The van der Waals surface area contributed by atoms with Crippen LogP contribution in [-0.2, 0) is 19.4 Å². The van der Waals surface area contributed by atoms with Crippen LogP contribution in [0.2, 0.25) is 0 Å². The molecule has 2 nitrogen and oxygen atoms in total. The van der Waals surface area contributed by atoms with Crippen molar-refractivity contribution in [3.05, 3.63) is 35.0 Å². The summed E-state index contributed by atoms with van der Waals surface area (Å²) >= 11 is 0. The number of ketones is 1. The number of nitrogens with zero attached hydrogens (tertiary/aromatic N) is 1. The molecule has 0 atom stereocenters. The summed E-state index contributed by atoms with van der Waals surface area (Å²) in [6, 6.07) is 6.45. The Labute approximate surface area is 100 Å². The van der Waals surface area contributed by atoms with Crippen LogP contribution in [0.4, 0.5) is 0 Å². The van der Waals surface area contributed by atoms with Gasteiger partial charge in [-0.3, -0.25) is 4.79 Å². The van der Waals surface area contributed by atoms with Crippen LogP contribution in [0.25, 0.3) is 10.9 Å². The lowest BCUT2D eigenvalue weighted by molar-refractivity contribution is 0.0973. The number of carbonyl (C=O) groups is 1. The molecule has 0 bridgehead atoms. The number of Topliss-reactive ketones (excluding diaryl/α,β-unsaturated/α-hetero) is 1. The molecule has 1 aliphatic heterocycles. The third kappa shape index (κ3) is 1.13. The van der Waals surface area contributed by atoms with Gasteiger partial charge in [0.05, 0.1) is 5.52 Å². The molecule has 2 aliphatic rings. The molecule has 2 heterocycles. The SMILES string of the molecule is O=C1CCCc2c1c1cccc3c1n2CCC3. The number of aryl methyl sites for hydroxylation is 2. The summed E-state index contributed by atoms with van der Waals surface area (Å²) < 4.78 is 2.42. The second kappa shape index (κ2) is 3.22. The minimum absolute atomic E-state index is 0.356. The Morgan fingerprint density at radius 1 is 1.06 bits per heavy atom. The number of benzene rings is 1. The quantitative estimate of drug-likeness (QED) is 0.675. The summed E-state index contributed by atoms with van der Waals surface area (Å²) in [6.45, 7) is 1.09. The molecule has 0 N–H and O–H groups in total. The Morgan fingerprint density at radius 2 is 2.00 bits per heavy atom. The van der Waals surface area contributed by atoms with E-state index < -0.39 is 0 Å². The fraction of sp³-hybridized carbons (Fsp3) is 0.400. The van der Waals surface area contributed by atoms with Gasteiger partial charge < -0.3 is 4.57 Å². The maximum atomic E-state index is 12.1. The maximum Gasteiger partial charge on any atom is 0.165 e. The van der Waals surface area contributed by atoms with Crippen molar-refractivity contribution < 1.29 is 4.79 Å². The van der Waals surface area contributed by atoms with E-state index in [1.807, 2.05) is 0 Å². The highest BCUT2D eigenvalue weighted by molar-refractivity contribution is 6.11. The van der Waals surface area contributed by atoms with Crippen LogP contribution in [-0.4, -0.2) is 10.4 Å². The van der Waals surface area contributed by atoms with E-state index >= 15 is 0 Å². The fourth-order valence-corrected chi connectivity index (χ4v) is 3.53. The standard InChI is InChI=1S/C15H15NO/c17-13-8-2-7-12-14(13)11-6-1-4-10-5-3-9-16(12)15(10)11/h1,4,6H,2-3,5,7-9H2. The number of hydrogen-bond acceptors (Lipinski definition) is 1. The lowest BCUT2D eigenvalue weighted by Crippen LogP contribution is -2.15. The van der Waals surface area contributed by atoms with Gasteiger partial charge in [-0.15, -0.1) is 0 Å². The second-order valence-corrected chi connectivity index (χ2v) is 5.17. The zero-order valence-corrected chi connectivity index (χ0v) is 9.83. The van der Waals surface area contributed by atoms with Gasteiger partial charge in [-0.2, -0.15) is 0 Å². The van der Waals surface area contributed by atoms with Gasteiger partial charge in [-0.05, 0) is 31.2 Å². The molecular formula is C15H15NO. The summed E-state index contributed by atoms with van der Waals surface area (Å²) in [7, 11) is 0. The predicted octanol–water partition coefficient (Wildman–Crippen LogP) is 3.11. The molecule has 1 aromatic heterocycles. The van der Waals surface area contributed by atoms with Crippen molar-refractivity contribution in [2.45, 2.75) is 38.6 Å². The molecule has 0 unspecified atom stereocenters. The Balaban J connectivity index is 2.19. The summed E-state index contributed by atoms with van der Waals surface area (Å²) in [5, 5.41) is 1.21. The van der Waals surface area contributed by atoms with Gasteiger partial charge in [0.15, 0.2) is 5.78 Å². The molecule has 1 aliphatic carbocycles. The van der Waals surface area contributed by atoms with Gasteiger partial charge in [-0.25, -0.2) is 0 Å². The normalized spacial score (nSPS) is 18.5. The summed E-state index contributed by atoms with van der Waals surface area (Å²) in [6.07, 6.45) is 5.21. The highest BCUT2D eigenvalue weighted by Crippen LogP contribution is 2.36. The Kier molecular flexibility index (Phi) is 1.79. The van der Waals surface area contributed by atoms with Gasteiger partial charge in [-0.1, -0.05) is 18.2 Å². The molecule has 1 aromatic carbocycles. The molecule has 86 valence electrons. The first-order chi connectivity index (χ1) is 8.36. The fourth-order valence-electron chi connectivity index (χ4n) is 3.53. The molecule has 0 amide bonds. The molecule has 0 saturated heterocycles. The van der Waals surface area contributed by atoms with Crippen molar-refractivity contribution in [2.75, 3.05) is 0 Å². The number of carbonyl (C=O) groups excluding carboxylic acids is 1. The third-order valence-electron chi connectivity index (χ3n) is 4.20. The number of rotatable bonds is 0. The molecule has 0 spiro atoms. The highest BCUT2D eigenvalue weighted by Gasteiger charge is 2.27. The topological polar surface area (TPSA) is 22.0 Å². The minimum atomic E-state index is 0.356. The van der Waals surface area contributed by atoms with Crippen molar-refractivity contribution >= 4 is 16.7 Å². The van der Waals surface area contributed by atoms with Crippen LogP contribution < -0.4 is 0 Å². The van der Waals surface area contributed by atoms with E-state index in [1.165, 1.54) is 28.6 Å². The number of para-hydroxylation sites is 1. The smallest absolute Gasteiger partial charge is 0.165 e. The van der Waals surface area contributed by atoms with E-state index in [-0.39, 0.29) is 0 Å². The van der Waals surface area contributed by atoms with Crippen LogP contribution in [0.5, 0.6) is 0 Å². The molecule has 2 aromatic rings. The summed E-state index contributed by atoms with van der Waals surface area (Å²) in [5.74, 6) is 0.356. The van der Waals surface area contributed by atoms with E-state index in [1.54, 1.807) is 0 Å². The van der Waals surface area contributed by atoms with Gasteiger partial charge in [0.2, 0.25) is 0 Å². The van der Waals surface area contributed by atoms with Gasteiger partial charge in [0, 0.05) is 29.6 Å². The Hall–Kier alpha value is -1.57. The number of hydrogen-bond donors (Lipinski definition) is 0. The number of fused-ring (bicyclic) bond motifs is 3. The maximum absolute atomic E-state index is 12.1. The van der Waals surface area contributed by atoms with Crippen LogP contribution >= 0.6 is 0 Å². The number of aromatic nitrogens is 1. The molecular weight excluding hydrogens is 210 g/mol. The predicted molar refractivity (Wildman–Crippen MR) is 67.5 cm³/mol. The zero-order valence-electron chi connectivity index (χ0n) is 9.83. The minimum Gasteiger partial charge on any atom is -0.344 e. The van der Waals surface area contributed by atoms with Crippen molar-refractivity contribution in [1.82, 2.24) is 4.57 Å².